The van der Waals surface area contributed by atoms with Gasteiger partial charge in [0.25, 0.3) is 0 Å². The predicted molar refractivity (Wildman–Crippen MR) is 115 cm³/mol. The molecule has 4 heteroatoms. The smallest absolute Gasteiger partial charge is 0.187 e. The van der Waals surface area contributed by atoms with E-state index in [-0.39, 0.29) is 5.78 Å². The first kappa shape index (κ1) is 18.9. The van der Waals surface area contributed by atoms with Gasteiger partial charge in [-0.15, -0.1) is 0 Å². The summed E-state index contributed by atoms with van der Waals surface area (Å²) < 4.78 is 0. The summed E-state index contributed by atoms with van der Waals surface area (Å²) in [6, 6.07) is 16.5. The SMILES string of the molecule is CN(C)c1ccc(/C=C2\CNC/C(=C\c3ccc(N(C)C)cc3)C2=O)cc1. The fraction of sp³-hybridized carbons (Fsp3) is 0.261. The van der Waals surface area contributed by atoms with Crippen LogP contribution in [0, 0.1) is 0 Å². The maximum absolute atomic E-state index is 12.9. The average molecular weight is 361 g/mol. The van der Waals surface area contributed by atoms with Gasteiger partial charge in [0.05, 0.1) is 0 Å². The van der Waals surface area contributed by atoms with Gasteiger partial charge in [0.1, 0.15) is 0 Å². The highest BCUT2D eigenvalue weighted by Gasteiger charge is 2.20. The van der Waals surface area contributed by atoms with Crippen molar-refractivity contribution >= 4 is 29.3 Å². The first-order valence-corrected chi connectivity index (χ1v) is 9.15. The summed E-state index contributed by atoms with van der Waals surface area (Å²) in [7, 11) is 8.07. The number of hydrogen-bond donors (Lipinski definition) is 1. The lowest BCUT2D eigenvalue weighted by Crippen LogP contribution is -2.32. The molecule has 1 N–H and O–H groups in total. The minimum absolute atomic E-state index is 0.127. The Kier molecular flexibility index (Phi) is 5.77. The Morgan fingerprint density at radius 2 is 1.07 bits per heavy atom. The van der Waals surface area contributed by atoms with Crippen LogP contribution in [-0.2, 0) is 4.79 Å². The number of ketones is 1. The minimum atomic E-state index is 0.127. The first-order valence-electron chi connectivity index (χ1n) is 9.15. The van der Waals surface area contributed by atoms with Crippen LogP contribution in [-0.4, -0.2) is 47.1 Å². The molecule has 1 heterocycles. The van der Waals surface area contributed by atoms with Crippen molar-refractivity contribution in [1.82, 2.24) is 5.32 Å². The second-order valence-corrected chi connectivity index (χ2v) is 7.24. The first-order chi connectivity index (χ1) is 12.9. The Morgan fingerprint density at radius 3 is 1.41 bits per heavy atom. The number of nitrogens with zero attached hydrogens (tertiary/aromatic N) is 2. The van der Waals surface area contributed by atoms with Crippen LogP contribution in [0.5, 0.6) is 0 Å². The van der Waals surface area contributed by atoms with Crippen molar-refractivity contribution in [3.63, 3.8) is 0 Å². The monoisotopic (exact) mass is 361 g/mol. The summed E-state index contributed by atoms with van der Waals surface area (Å²) in [6.07, 6.45) is 3.97. The van der Waals surface area contributed by atoms with Gasteiger partial charge in [0.2, 0.25) is 0 Å². The average Bonchev–Trinajstić information content (AvgIpc) is 2.66. The number of Topliss-reactive ketones (excluding diaryl/α,β-unsaturated/α-hetero) is 1. The molecule has 2 aromatic carbocycles. The van der Waals surface area contributed by atoms with E-state index >= 15 is 0 Å². The van der Waals surface area contributed by atoms with Crippen molar-refractivity contribution in [2.45, 2.75) is 0 Å². The van der Waals surface area contributed by atoms with Crippen LogP contribution in [0.1, 0.15) is 11.1 Å². The zero-order chi connectivity index (χ0) is 19.4. The Morgan fingerprint density at radius 1 is 0.704 bits per heavy atom. The zero-order valence-corrected chi connectivity index (χ0v) is 16.5. The molecule has 1 saturated heterocycles. The number of rotatable bonds is 4. The van der Waals surface area contributed by atoms with E-state index in [2.05, 4.69) is 39.4 Å². The third kappa shape index (κ3) is 4.66. The molecule has 0 aliphatic carbocycles. The minimum Gasteiger partial charge on any atom is -0.378 e. The third-order valence-corrected chi connectivity index (χ3v) is 4.71. The molecule has 0 radical (unpaired) electrons. The predicted octanol–water partition coefficient (Wildman–Crippen LogP) is 3.46. The molecule has 140 valence electrons. The van der Waals surface area contributed by atoms with Gasteiger partial charge in [-0.3, -0.25) is 4.79 Å². The van der Waals surface area contributed by atoms with Gasteiger partial charge in [0, 0.05) is 63.8 Å². The largest absolute Gasteiger partial charge is 0.378 e. The molecule has 1 aliphatic heterocycles. The lowest BCUT2D eigenvalue weighted by molar-refractivity contribution is -0.112. The highest BCUT2D eigenvalue weighted by atomic mass is 16.1. The van der Waals surface area contributed by atoms with Crippen molar-refractivity contribution in [2.75, 3.05) is 51.1 Å². The second-order valence-electron chi connectivity index (χ2n) is 7.24. The Balaban J connectivity index is 1.80. The quantitative estimate of drug-likeness (QED) is 0.846. The number of benzene rings is 2. The van der Waals surface area contributed by atoms with Crippen molar-refractivity contribution in [2.24, 2.45) is 0 Å². The molecule has 0 aromatic heterocycles. The molecule has 2 aromatic rings. The third-order valence-electron chi connectivity index (χ3n) is 4.71. The summed E-state index contributed by atoms with van der Waals surface area (Å²) in [5.74, 6) is 0.127. The maximum atomic E-state index is 12.9. The van der Waals surface area contributed by atoms with Crippen LogP contribution in [0.15, 0.2) is 59.7 Å². The standard InChI is InChI=1S/C23H27N3O/c1-25(2)21-9-5-17(6-10-21)13-19-15-24-16-20(23(19)27)14-18-7-11-22(12-8-18)26(3)4/h5-14,24H,15-16H2,1-4H3/b19-13+,20-14+. The Labute approximate surface area is 161 Å². The van der Waals surface area contributed by atoms with E-state index < -0.39 is 0 Å². The van der Waals surface area contributed by atoms with Gasteiger partial charge < -0.3 is 15.1 Å². The van der Waals surface area contributed by atoms with Gasteiger partial charge >= 0.3 is 0 Å². The van der Waals surface area contributed by atoms with Crippen molar-refractivity contribution in [1.29, 1.82) is 0 Å². The van der Waals surface area contributed by atoms with Crippen LogP contribution < -0.4 is 15.1 Å². The van der Waals surface area contributed by atoms with Crippen molar-refractivity contribution < 1.29 is 4.79 Å². The molecule has 1 aliphatic rings. The number of piperidine rings is 1. The molecular weight excluding hydrogens is 334 g/mol. The normalized spacial score (nSPS) is 17.4. The number of carbonyl (C=O) groups is 1. The summed E-state index contributed by atoms with van der Waals surface area (Å²) in [6.45, 7) is 1.20. The zero-order valence-electron chi connectivity index (χ0n) is 16.5. The Hall–Kier alpha value is -2.85. The van der Waals surface area contributed by atoms with E-state index in [0.717, 1.165) is 33.6 Å². The molecule has 0 atom stereocenters. The molecule has 3 rings (SSSR count). The maximum Gasteiger partial charge on any atom is 0.187 e. The summed E-state index contributed by atoms with van der Waals surface area (Å²) >= 11 is 0. The van der Waals surface area contributed by atoms with E-state index in [1.54, 1.807) is 0 Å². The summed E-state index contributed by atoms with van der Waals surface area (Å²) in [5.41, 5.74) is 5.98. The lowest BCUT2D eigenvalue weighted by Gasteiger charge is -2.18. The van der Waals surface area contributed by atoms with Gasteiger partial charge in [-0.05, 0) is 47.5 Å². The van der Waals surface area contributed by atoms with E-state index in [9.17, 15) is 4.79 Å². The van der Waals surface area contributed by atoms with Gasteiger partial charge in [-0.2, -0.15) is 0 Å². The van der Waals surface area contributed by atoms with Crippen LogP contribution >= 0.6 is 0 Å². The van der Waals surface area contributed by atoms with Crippen molar-refractivity contribution in [3.05, 3.63) is 70.8 Å². The van der Waals surface area contributed by atoms with E-state index in [0.29, 0.717) is 13.1 Å². The molecule has 27 heavy (non-hydrogen) atoms. The molecule has 0 unspecified atom stereocenters. The second kappa shape index (κ2) is 8.23. The number of nitrogens with one attached hydrogen (secondary N) is 1. The number of anilines is 2. The molecule has 0 bridgehead atoms. The van der Waals surface area contributed by atoms with E-state index in [1.807, 2.05) is 64.6 Å². The number of carbonyl (C=O) groups excluding carboxylic acids is 1. The van der Waals surface area contributed by atoms with Crippen LogP contribution in [0.2, 0.25) is 0 Å². The van der Waals surface area contributed by atoms with E-state index in [4.69, 9.17) is 0 Å². The van der Waals surface area contributed by atoms with Crippen LogP contribution in [0.3, 0.4) is 0 Å². The molecule has 1 fully saturated rings. The Bertz CT molecular complexity index is 788. The fourth-order valence-electron chi connectivity index (χ4n) is 3.07. The fourth-order valence-corrected chi connectivity index (χ4v) is 3.07. The van der Waals surface area contributed by atoms with Gasteiger partial charge in [-0.1, -0.05) is 24.3 Å². The summed E-state index contributed by atoms with van der Waals surface area (Å²) in [5, 5.41) is 3.34. The van der Waals surface area contributed by atoms with Crippen molar-refractivity contribution in [3.8, 4) is 0 Å². The van der Waals surface area contributed by atoms with Crippen LogP contribution in [0.25, 0.3) is 12.2 Å². The van der Waals surface area contributed by atoms with Gasteiger partial charge in [-0.25, -0.2) is 0 Å². The van der Waals surface area contributed by atoms with Gasteiger partial charge in [0.15, 0.2) is 5.78 Å². The molecule has 0 amide bonds. The molecule has 0 spiro atoms. The van der Waals surface area contributed by atoms with Crippen LogP contribution in [0.4, 0.5) is 11.4 Å². The lowest BCUT2D eigenvalue weighted by atomic mass is 9.95. The molecule has 0 saturated carbocycles. The van der Waals surface area contributed by atoms with E-state index in [1.165, 1.54) is 0 Å². The highest BCUT2D eigenvalue weighted by molar-refractivity contribution is 6.14. The highest BCUT2D eigenvalue weighted by Crippen LogP contribution is 2.20. The molecule has 4 nitrogen and oxygen atoms in total. The summed E-state index contributed by atoms with van der Waals surface area (Å²) in [4.78, 5) is 17.0. The topological polar surface area (TPSA) is 35.6 Å². The molecular formula is C23H27N3O. The number of hydrogen-bond acceptors (Lipinski definition) is 4.